The lowest BCUT2D eigenvalue weighted by Crippen LogP contribution is -2.51. The number of nitrogens with zero attached hydrogens (tertiary/aromatic N) is 2. The summed E-state index contributed by atoms with van der Waals surface area (Å²) in [6, 6.07) is 19.7. The van der Waals surface area contributed by atoms with Crippen LogP contribution < -0.4 is 5.73 Å². The van der Waals surface area contributed by atoms with Crippen molar-refractivity contribution in [3.8, 4) is 11.3 Å². The normalized spacial score (nSPS) is 17.1. The lowest BCUT2D eigenvalue weighted by molar-refractivity contribution is -0.133. The minimum atomic E-state index is -0.561. The third kappa shape index (κ3) is 3.82. The van der Waals surface area contributed by atoms with Gasteiger partial charge in [-0.2, -0.15) is 12.6 Å². The average Bonchev–Trinajstić information content (AvgIpc) is 3.30. The summed E-state index contributed by atoms with van der Waals surface area (Å²) < 4.78 is 6.28. The molecule has 2 aromatic carbocycles. The SMILES string of the molecule is N[C@@H](CS)C(=O)N1CCC(c2ccccc2)(c2ncc(-c3ccccc3)o2)CC1. The summed E-state index contributed by atoms with van der Waals surface area (Å²) in [4.78, 5) is 19.0. The van der Waals surface area contributed by atoms with E-state index in [2.05, 4.69) is 29.7 Å². The van der Waals surface area contributed by atoms with Crippen LogP contribution in [0.3, 0.4) is 0 Å². The molecule has 0 unspecified atom stereocenters. The van der Waals surface area contributed by atoms with Crippen molar-refractivity contribution in [1.29, 1.82) is 0 Å². The molecule has 4 rings (SSSR count). The van der Waals surface area contributed by atoms with Crippen molar-refractivity contribution in [2.24, 2.45) is 5.73 Å². The maximum absolute atomic E-state index is 12.5. The van der Waals surface area contributed by atoms with Gasteiger partial charge in [-0.15, -0.1) is 0 Å². The summed E-state index contributed by atoms with van der Waals surface area (Å²) in [7, 11) is 0. The molecule has 0 bridgehead atoms. The van der Waals surface area contributed by atoms with Crippen LogP contribution in [0, 0.1) is 0 Å². The quantitative estimate of drug-likeness (QED) is 0.635. The van der Waals surface area contributed by atoms with Gasteiger partial charge in [0, 0.05) is 24.4 Å². The van der Waals surface area contributed by atoms with Crippen molar-refractivity contribution in [3.63, 3.8) is 0 Å². The molecular formula is C23H25N3O2S. The topological polar surface area (TPSA) is 72.4 Å². The number of nitrogens with two attached hydrogens (primary N) is 1. The third-order valence-corrected chi connectivity index (χ3v) is 6.14. The molecule has 150 valence electrons. The Morgan fingerprint density at radius 2 is 1.72 bits per heavy atom. The molecular weight excluding hydrogens is 382 g/mol. The van der Waals surface area contributed by atoms with E-state index in [1.54, 1.807) is 6.20 Å². The fraction of sp³-hybridized carbons (Fsp3) is 0.304. The number of hydrogen-bond acceptors (Lipinski definition) is 5. The van der Waals surface area contributed by atoms with Crippen LogP contribution in [-0.2, 0) is 10.2 Å². The number of thiol groups is 1. The first-order chi connectivity index (χ1) is 14.1. The van der Waals surface area contributed by atoms with Crippen molar-refractivity contribution in [1.82, 2.24) is 9.88 Å². The Bertz CT molecular complexity index is 951. The van der Waals surface area contributed by atoms with Gasteiger partial charge in [0.05, 0.1) is 17.7 Å². The molecule has 1 aliphatic heterocycles. The zero-order valence-corrected chi connectivity index (χ0v) is 17.1. The Kier molecular flexibility index (Phi) is 5.74. The van der Waals surface area contributed by atoms with E-state index in [-0.39, 0.29) is 11.3 Å². The number of benzene rings is 2. The van der Waals surface area contributed by atoms with Crippen LogP contribution in [-0.4, -0.2) is 40.7 Å². The molecule has 1 amide bonds. The van der Waals surface area contributed by atoms with Crippen molar-refractivity contribution in [2.75, 3.05) is 18.8 Å². The smallest absolute Gasteiger partial charge is 0.240 e. The van der Waals surface area contributed by atoms with Crippen LogP contribution in [0.4, 0.5) is 0 Å². The largest absolute Gasteiger partial charge is 0.440 e. The molecule has 1 fully saturated rings. The molecule has 0 radical (unpaired) electrons. The summed E-state index contributed by atoms with van der Waals surface area (Å²) in [6.45, 7) is 1.22. The highest BCUT2D eigenvalue weighted by Gasteiger charge is 2.43. The molecule has 1 atom stereocenters. The Morgan fingerprint density at radius 1 is 1.10 bits per heavy atom. The van der Waals surface area contributed by atoms with Gasteiger partial charge in [-0.05, 0) is 18.4 Å². The van der Waals surface area contributed by atoms with E-state index in [9.17, 15) is 4.79 Å². The number of likely N-dealkylation sites (tertiary alicyclic amines) is 1. The number of oxazole rings is 1. The van der Waals surface area contributed by atoms with Gasteiger partial charge in [-0.1, -0.05) is 60.7 Å². The van der Waals surface area contributed by atoms with Gasteiger partial charge < -0.3 is 15.1 Å². The van der Waals surface area contributed by atoms with E-state index in [1.165, 1.54) is 0 Å². The lowest BCUT2D eigenvalue weighted by atomic mass is 9.72. The molecule has 2 N–H and O–H groups in total. The van der Waals surface area contributed by atoms with Gasteiger partial charge in [0.25, 0.3) is 0 Å². The Balaban J connectivity index is 1.66. The van der Waals surface area contributed by atoms with Crippen molar-refractivity contribution in [3.05, 3.63) is 78.3 Å². The van der Waals surface area contributed by atoms with Gasteiger partial charge in [0.15, 0.2) is 5.76 Å². The van der Waals surface area contributed by atoms with Gasteiger partial charge >= 0.3 is 0 Å². The van der Waals surface area contributed by atoms with Crippen LogP contribution >= 0.6 is 12.6 Å². The number of aromatic nitrogens is 1. The number of carbonyl (C=O) groups is 1. The average molecular weight is 408 g/mol. The molecule has 1 saturated heterocycles. The first kappa shape index (κ1) is 19.7. The Labute approximate surface area is 176 Å². The summed E-state index contributed by atoms with van der Waals surface area (Å²) in [6.07, 6.45) is 3.26. The van der Waals surface area contributed by atoms with Crippen LogP contribution in [0.1, 0.15) is 24.3 Å². The molecule has 0 spiro atoms. The Morgan fingerprint density at radius 3 is 2.34 bits per heavy atom. The second kappa shape index (κ2) is 8.43. The second-order valence-electron chi connectivity index (χ2n) is 7.46. The zero-order chi connectivity index (χ0) is 20.3. The summed E-state index contributed by atoms with van der Waals surface area (Å²) in [5.74, 6) is 1.76. The molecule has 2 heterocycles. The molecule has 1 aliphatic rings. The highest BCUT2D eigenvalue weighted by Crippen LogP contribution is 2.42. The number of amides is 1. The minimum Gasteiger partial charge on any atom is -0.440 e. The molecule has 5 nitrogen and oxygen atoms in total. The molecule has 1 aromatic heterocycles. The monoisotopic (exact) mass is 407 g/mol. The predicted molar refractivity (Wildman–Crippen MR) is 117 cm³/mol. The van der Waals surface area contributed by atoms with Crippen LogP contribution in [0.15, 0.2) is 71.3 Å². The summed E-state index contributed by atoms with van der Waals surface area (Å²) >= 11 is 4.16. The van der Waals surface area contributed by atoms with Gasteiger partial charge in [0.1, 0.15) is 0 Å². The summed E-state index contributed by atoms with van der Waals surface area (Å²) in [5.41, 5.74) is 7.70. The fourth-order valence-corrected chi connectivity index (χ4v) is 4.19. The van der Waals surface area contributed by atoms with E-state index in [0.717, 1.165) is 29.7 Å². The van der Waals surface area contributed by atoms with E-state index in [4.69, 9.17) is 10.2 Å². The molecule has 29 heavy (non-hydrogen) atoms. The van der Waals surface area contributed by atoms with E-state index in [1.807, 2.05) is 53.4 Å². The van der Waals surface area contributed by atoms with Crippen molar-refractivity contribution >= 4 is 18.5 Å². The maximum Gasteiger partial charge on any atom is 0.240 e. The van der Waals surface area contributed by atoms with Crippen molar-refractivity contribution < 1.29 is 9.21 Å². The van der Waals surface area contributed by atoms with E-state index >= 15 is 0 Å². The highest BCUT2D eigenvalue weighted by molar-refractivity contribution is 7.80. The van der Waals surface area contributed by atoms with E-state index < -0.39 is 6.04 Å². The molecule has 6 heteroatoms. The first-order valence-electron chi connectivity index (χ1n) is 9.86. The van der Waals surface area contributed by atoms with Crippen LogP contribution in [0.2, 0.25) is 0 Å². The van der Waals surface area contributed by atoms with E-state index in [0.29, 0.717) is 24.7 Å². The van der Waals surface area contributed by atoms with Gasteiger partial charge in [-0.25, -0.2) is 4.98 Å². The first-order valence-corrected chi connectivity index (χ1v) is 10.5. The van der Waals surface area contributed by atoms with Crippen molar-refractivity contribution in [2.45, 2.75) is 24.3 Å². The lowest BCUT2D eigenvalue weighted by Gasteiger charge is -2.40. The maximum atomic E-state index is 12.5. The predicted octanol–water partition coefficient (Wildman–Crippen LogP) is 3.51. The number of piperidine rings is 1. The number of rotatable bonds is 5. The third-order valence-electron chi connectivity index (χ3n) is 5.74. The standard InChI is InChI=1S/C23H25N3O2S/c24-19(16-29)21(27)26-13-11-23(12-14-26,18-9-5-2-6-10-18)22-25-15-20(28-22)17-7-3-1-4-8-17/h1-10,15,19,29H,11-14,16,24H2/t19-/m0/s1. The van der Waals surface area contributed by atoms with Crippen LogP contribution in [0.5, 0.6) is 0 Å². The van der Waals surface area contributed by atoms with Gasteiger partial charge in [-0.3, -0.25) is 4.79 Å². The molecule has 3 aromatic rings. The number of carbonyl (C=O) groups excluding carboxylic acids is 1. The van der Waals surface area contributed by atoms with Crippen LogP contribution in [0.25, 0.3) is 11.3 Å². The number of hydrogen-bond donors (Lipinski definition) is 2. The molecule has 0 saturated carbocycles. The summed E-state index contributed by atoms with van der Waals surface area (Å²) in [5, 5.41) is 0. The van der Waals surface area contributed by atoms with Gasteiger partial charge in [0.2, 0.25) is 11.8 Å². The Hall–Kier alpha value is -2.57. The highest BCUT2D eigenvalue weighted by atomic mass is 32.1. The molecule has 0 aliphatic carbocycles. The zero-order valence-electron chi connectivity index (χ0n) is 16.2. The fourth-order valence-electron chi connectivity index (χ4n) is 4.04. The second-order valence-corrected chi connectivity index (χ2v) is 7.82. The minimum absolute atomic E-state index is 0.0426.